The molecule has 8 heteroatoms. The standard InChI is InChI=1S/C23H19F3O4S/c24-23(25,26)19-6-4-16(5-7-19)17-3-1-2-15(10-17)12-29-20-8-9-21-18(14-31(27)28)13-30-22(21)11-20/h1-11,18H,12-14H2,(H,27,28). The quantitative estimate of drug-likeness (QED) is 0.495. The molecule has 162 valence electrons. The zero-order valence-electron chi connectivity index (χ0n) is 16.3. The number of alkyl halides is 3. The molecule has 0 saturated carbocycles. The second kappa shape index (κ2) is 8.72. The van der Waals surface area contributed by atoms with Crippen molar-refractivity contribution < 1.29 is 31.4 Å². The molecule has 31 heavy (non-hydrogen) atoms. The van der Waals surface area contributed by atoms with Crippen molar-refractivity contribution >= 4 is 11.1 Å². The molecule has 0 fully saturated rings. The van der Waals surface area contributed by atoms with Crippen LogP contribution in [0.5, 0.6) is 11.5 Å². The van der Waals surface area contributed by atoms with Gasteiger partial charge in [-0.2, -0.15) is 13.2 Å². The molecular formula is C23H19F3O4S. The topological polar surface area (TPSA) is 55.8 Å². The maximum atomic E-state index is 12.8. The van der Waals surface area contributed by atoms with Crippen LogP contribution in [0.25, 0.3) is 11.1 Å². The first-order valence-corrected chi connectivity index (χ1v) is 10.8. The second-order valence-corrected chi connectivity index (χ2v) is 8.24. The largest absolute Gasteiger partial charge is 0.492 e. The normalized spacial score (nSPS) is 16.5. The Balaban J connectivity index is 1.44. The number of hydrogen-bond donors (Lipinski definition) is 1. The third-order valence-corrected chi connectivity index (χ3v) is 5.77. The molecule has 4 nitrogen and oxygen atoms in total. The van der Waals surface area contributed by atoms with Crippen LogP contribution in [0.15, 0.2) is 66.7 Å². The van der Waals surface area contributed by atoms with Crippen LogP contribution < -0.4 is 9.47 Å². The van der Waals surface area contributed by atoms with Crippen molar-refractivity contribution in [2.24, 2.45) is 0 Å². The van der Waals surface area contributed by atoms with E-state index in [1.807, 2.05) is 30.3 Å². The number of rotatable bonds is 6. The van der Waals surface area contributed by atoms with Gasteiger partial charge in [-0.1, -0.05) is 36.4 Å². The molecule has 0 radical (unpaired) electrons. The summed E-state index contributed by atoms with van der Waals surface area (Å²) < 4.78 is 69.9. The van der Waals surface area contributed by atoms with E-state index in [-0.39, 0.29) is 18.3 Å². The van der Waals surface area contributed by atoms with Crippen LogP contribution in [0.4, 0.5) is 13.2 Å². The van der Waals surface area contributed by atoms with E-state index in [9.17, 15) is 17.4 Å². The first kappa shape index (κ1) is 21.4. The molecule has 0 aliphatic carbocycles. The number of halogens is 3. The van der Waals surface area contributed by atoms with Gasteiger partial charge in [0.15, 0.2) is 11.1 Å². The van der Waals surface area contributed by atoms with E-state index in [1.165, 1.54) is 12.1 Å². The summed E-state index contributed by atoms with van der Waals surface area (Å²) in [5, 5.41) is 0. The molecule has 3 aromatic carbocycles. The van der Waals surface area contributed by atoms with E-state index in [0.717, 1.165) is 28.8 Å². The van der Waals surface area contributed by atoms with Gasteiger partial charge in [0.25, 0.3) is 0 Å². The fraction of sp³-hybridized carbons (Fsp3) is 0.217. The van der Waals surface area contributed by atoms with Gasteiger partial charge in [0, 0.05) is 17.5 Å². The molecule has 0 bridgehead atoms. The number of hydrogen-bond acceptors (Lipinski definition) is 3. The molecule has 1 aliphatic heterocycles. The summed E-state index contributed by atoms with van der Waals surface area (Å²) in [6.07, 6.45) is -4.36. The van der Waals surface area contributed by atoms with Gasteiger partial charge in [-0.05, 0) is 41.0 Å². The van der Waals surface area contributed by atoms with Crippen molar-refractivity contribution in [3.63, 3.8) is 0 Å². The fourth-order valence-electron chi connectivity index (χ4n) is 3.52. The molecule has 2 atom stereocenters. The molecule has 1 aliphatic rings. The Labute approximate surface area is 179 Å². The molecule has 0 aromatic heterocycles. The van der Waals surface area contributed by atoms with Gasteiger partial charge in [-0.3, -0.25) is 0 Å². The Bertz CT molecular complexity index is 1100. The third-order valence-electron chi connectivity index (χ3n) is 5.09. The van der Waals surface area contributed by atoms with Crippen molar-refractivity contribution in [3.8, 4) is 22.6 Å². The fourth-order valence-corrected chi connectivity index (χ4v) is 4.14. The predicted molar refractivity (Wildman–Crippen MR) is 112 cm³/mol. The number of ether oxygens (including phenoxy) is 2. The monoisotopic (exact) mass is 448 g/mol. The Morgan fingerprint density at radius 3 is 2.52 bits per heavy atom. The summed E-state index contributed by atoms with van der Waals surface area (Å²) in [6, 6.07) is 17.9. The van der Waals surface area contributed by atoms with E-state index in [1.54, 1.807) is 12.1 Å². The number of fused-ring (bicyclic) bond motifs is 1. The predicted octanol–water partition coefficient (Wildman–Crippen LogP) is 5.65. The van der Waals surface area contributed by atoms with Gasteiger partial charge in [0.1, 0.15) is 18.1 Å². The molecule has 0 amide bonds. The van der Waals surface area contributed by atoms with E-state index >= 15 is 0 Å². The van der Waals surface area contributed by atoms with Gasteiger partial charge >= 0.3 is 6.18 Å². The van der Waals surface area contributed by atoms with Gasteiger partial charge in [-0.15, -0.1) is 0 Å². The van der Waals surface area contributed by atoms with Crippen LogP contribution in [0.1, 0.15) is 22.6 Å². The smallest absolute Gasteiger partial charge is 0.416 e. The highest BCUT2D eigenvalue weighted by atomic mass is 32.2. The molecule has 0 spiro atoms. The second-order valence-electron chi connectivity index (χ2n) is 7.26. The minimum absolute atomic E-state index is 0.115. The SMILES string of the molecule is O=S(O)CC1COc2cc(OCc3cccc(-c4ccc(C(F)(F)F)cc4)c3)ccc21. The Morgan fingerprint density at radius 1 is 1.03 bits per heavy atom. The molecular weight excluding hydrogens is 429 g/mol. The minimum Gasteiger partial charge on any atom is -0.492 e. The molecule has 1 heterocycles. The molecule has 2 unspecified atom stereocenters. The van der Waals surface area contributed by atoms with Crippen LogP contribution in [0.2, 0.25) is 0 Å². The average molecular weight is 448 g/mol. The lowest BCUT2D eigenvalue weighted by molar-refractivity contribution is -0.137. The summed E-state index contributed by atoms with van der Waals surface area (Å²) in [5.41, 5.74) is 2.56. The average Bonchev–Trinajstić information content (AvgIpc) is 3.13. The summed E-state index contributed by atoms with van der Waals surface area (Å²) >= 11 is -1.89. The van der Waals surface area contributed by atoms with Gasteiger partial charge in [-0.25, -0.2) is 4.21 Å². The van der Waals surface area contributed by atoms with Crippen LogP contribution in [0, 0.1) is 0 Å². The van der Waals surface area contributed by atoms with Gasteiger partial charge in [0.2, 0.25) is 0 Å². The maximum Gasteiger partial charge on any atom is 0.416 e. The summed E-state index contributed by atoms with van der Waals surface area (Å²) in [7, 11) is 0. The van der Waals surface area contributed by atoms with Crippen LogP contribution >= 0.6 is 0 Å². The van der Waals surface area contributed by atoms with Gasteiger partial charge < -0.3 is 14.0 Å². The van der Waals surface area contributed by atoms with E-state index in [4.69, 9.17) is 14.0 Å². The highest BCUT2D eigenvalue weighted by Crippen LogP contribution is 2.37. The number of benzene rings is 3. The van der Waals surface area contributed by atoms with Gasteiger partial charge in [0.05, 0.1) is 17.9 Å². The molecule has 4 rings (SSSR count). The lowest BCUT2D eigenvalue weighted by atomic mass is 10.0. The summed E-state index contributed by atoms with van der Waals surface area (Å²) in [4.78, 5) is 0. The molecule has 0 saturated heterocycles. The Kier molecular flexibility index (Phi) is 6.02. The van der Waals surface area contributed by atoms with Crippen molar-refractivity contribution in [2.45, 2.75) is 18.7 Å². The molecule has 3 aromatic rings. The highest BCUT2D eigenvalue weighted by Gasteiger charge is 2.30. The third kappa shape index (κ3) is 5.08. The van der Waals surface area contributed by atoms with Crippen molar-refractivity contribution in [3.05, 3.63) is 83.4 Å². The lowest BCUT2D eigenvalue weighted by Gasteiger charge is -2.11. The van der Waals surface area contributed by atoms with E-state index < -0.39 is 22.8 Å². The maximum absolute atomic E-state index is 12.8. The lowest BCUT2D eigenvalue weighted by Crippen LogP contribution is -2.10. The Morgan fingerprint density at radius 2 is 1.81 bits per heavy atom. The van der Waals surface area contributed by atoms with Crippen LogP contribution in [-0.2, 0) is 23.9 Å². The van der Waals surface area contributed by atoms with Crippen molar-refractivity contribution in [2.75, 3.05) is 12.4 Å². The van der Waals surface area contributed by atoms with Crippen LogP contribution in [-0.4, -0.2) is 21.1 Å². The highest BCUT2D eigenvalue weighted by molar-refractivity contribution is 7.79. The van der Waals surface area contributed by atoms with E-state index in [0.29, 0.717) is 23.7 Å². The van der Waals surface area contributed by atoms with Crippen molar-refractivity contribution in [1.82, 2.24) is 0 Å². The van der Waals surface area contributed by atoms with Crippen molar-refractivity contribution in [1.29, 1.82) is 0 Å². The zero-order chi connectivity index (χ0) is 22.0. The summed E-state index contributed by atoms with van der Waals surface area (Å²) in [5.74, 6) is 1.26. The first-order valence-electron chi connectivity index (χ1n) is 9.53. The first-order chi connectivity index (χ1) is 14.8. The molecule has 1 N–H and O–H groups in total. The minimum atomic E-state index is -4.36. The zero-order valence-corrected chi connectivity index (χ0v) is 17.1. The van der Waals surface area contributed by atoms with E-state index in [2.05, 4.69) is 0 Å². The summed E-state index contributed by atoms with van der Waals surface area (Å²) in [6.45, 7) is 0.637. The Hall–Kier alpha value is -2.84. The van der Waals surface area contributed by atoms with Crippen LogP contribution in [0.3, 0.4) is 0 Å².